The van der Waals surface area contributed by atoms with E-state index < -0.39 is 0 Å². The number of likely N-dealkylation sites (N-methyl/N-ethyl adjacent to an activating group) is 1. The van der Waals surface area contributed by atoms with Gasteiger partial charge in [0.05, 0.1) is 18.1 Å². The fourth-order valence-corrected chi connectivity index (χ4v) is 3.53. The van der Waals surface area contributed by atoms with Crippen LogP contribution in [0, 0.1) is 0 Å². The van der Waals surface area contributed by atoms with Crippen LogP contribution < -0.4 is 20.8 Å². The van der Waals surface area contributed by atoms with Crippen molar-refractivity contribution >= 4 is 23.0 Å². The lowest BCUT2D eigenvalue weighted by atomic mass is 10.3. The molecule has 9 nitrogen and oxygen atoms in total. The van der Waals surface area contributed by atoms with Gasteiger partial charge in [0, 0.05) is 24.5 Å². The van der Waals surface area contributed by atoms with Crippen molar-refractivity contribution < 1.29 is 9.47 Å². The van der Waals surface area contributed by atoms with E-state index in [1.54, 1.807) is 11.3 Å². The molecule has 1 aliphatic rings. The van der Waals surface area contributed by atoms with Crippen LogP contribution in [0.2, 0.25) is 0 Å². The van der Waals surface area contributed by atoms with Gasteiger partial charge in [0.1, 0.15) is 12.3 Å². The number of hydrazone groups is 1. The van der Waals surface area contributed by atoms with Crippen molar-refractivity contribution in [3.8, 4) is 6.01 Å². The van der Waals surface area contributed by atoms with Crippen LogP contribution >= 0.6 is 11.3 Å². The number of aryl methyl sites for hydroxylation is 1. The molecule has 1 saturated heterocycles. The summed E-state index contributed by atoms with van der Waals surface area (Å²) in [5, 5.41) is 7.00. The third kappa shape index (κ3) is 4.90. The molecule has 2 aromatic heterocycles. The Balaban J connectivity index is 1.94. The zero-order valence-electron chi connectivity index (χ0n) is 15.6. The zero-order valence-corrected chi connectivity index (χ0v) is 16.5. The van der Waals surface area contributed by atoms with Gasteiger partial charge in [0.15, 0.2) is 5.82 Å². The van der Waals surface area contributed by atoms with Gasteiger partial charge in [0.2, 0.25) is 5.95 Å². The van der Waals surface area contributed by atoms with E-state index >= 15 is 0 Å². The van der Waals surface area contributed by atoms with Crippen molar-refractivity contribution in [2.45, 2.75) is 13.3 Å². The van der Waals surface area contributed by atoms with E-state index in [1.165, 1.54) is 4.88 Å². The van der Waals surface area contributed by atoms with Gasteiger partial charge >= 0.3 is 6.01 Å². The Hall–Kier alpha value is -2.30. The number of aromatic nitrogens is 3. The predicted molar refractivity (Wildman–Crippen MR) is 106 cm³/mol. The van der Waals surface area contributed by atoms with Crippen LogP contribution in [0.4, 0.5) is 5.95 Å². The van der Waals surface area contributed by atoms with Gasteiger partial charge < -0.3 is 25.5 Å². The smallest absolute Gasteiger partial charge is 0.321 e. The van der Waals surface area contributed by atoms with Crippen LogP contribution in [0.3, 0.4) is 0 Å². The minimum absolute atomic E-state index is 0.269. The molecule has 0 unspecified atom stereocenters. The van der Waals surface area contributed by atoms with E-state index in [-0.39, 0.29) is 6.01 Å². The van der Waals surface area contributed by atoms with Gasteiger partial charge in [-0.25, -0.2) is 0 Å². The molecule has 1 fully saturated rings. The topological polar surface area (TPSA) is 111 Å². The minimum atomic E-state index is 0.269. The van der Waals surface area contributed by atoms with Gasteiger partial charge in [-0.1, -0.05) is 6.92 Å². The normalized spacial score (nSPS) is 15.2. The maximum absolute atomic E-state index is 5.70. The molecule has 0 aromatic carbocycles. The fraction of sp³-hybridized carbons (Fsp3) is 0.529. The van der Waals surface area contributed by atoms with Gasteiger partial charge in [-0.15, -0.1) is 11.3 Å². The molecule has 0 amide bonds. The van der Waals surface area contributed by atoms with Crippen LogP contribution in [0.1, 0.15) is 22.5 Å². The summed E-state index contributed by atoms with van der Waals surface area (Å²) in [5.41, 5.74) is 0.537. The van der Waals surface area contributed by atoms with E-state index in [0.29, 0.717) is 56.9 Å². The van der Waals surface area contributed by atoms with Crippen molar-refractivity contribution in [1.29, 1.82) is 0 Å². The van der Waals surface area contributed by atoms with Gasteiger partial charge in [-0.05, 0) is 25.6 Å². The molecule has 1 aliphatic heterocycles. The molecule has 27 heavy (non-hydrogen) atoms. The van der Waals surface area contributed by atoms with Crippen LogP contribution in [0.25, 0.3) is 0 Å². The molecule has 3 N–H and O–H groups in total. The first-order valence-electron chi connectivity index (χ1n) is 8.98. The second-order valence-electron chi connectivity index (χ2n) is 5.89. The van der Waals surface area contributed by atoms with Crippen molar-refractivity contribution in [3.05, 3.63) is 27.7 Å². The summed E-state index contributed by atoms with van der Waals surface area (Å²) < 4.78 is 11.1. The lowest BCUT2D eigenvalue weighted by molar-refractivity contribution is 0.122. The Morgan fingerprint density at radius 2 is 2.15 bits per heavy atom. The monoisotopic (exact) mass is 391 g/mol. The SMILES string of the molecule is CCc1ccc(/C(=N/N)c2nc(OCCNC)nc(N3CCOCC3)n2)s1. The molecule has 3 rings (SSSR count). The largest absolute Gasteiger partial charge is 0.462 e. The first-order valence-corrected chi connectivity index (χ1v) is 9.80. The lowest BCUT2D eigenvalue weighted by Crippen LogP contribution is -2.37. The molecule has 2 aromatic rings. The number of nitrogens with one attached hydrogen (secondary N) is 1. The molecule has 0 spiro atoms. The van der Waals surface area contributed by atoms with Gasteiger partial charge in [-0.2, -0.15) is 20.1 Å². The second kappa shape index (κ2) is 9.58. The summed E-state index contributed by atoms with van der Waals surface area (Å²) in [5.74, 6) is 6.66. The molecular weight excluding hydrogens is 366 g/mol. The number of anilines is 1. The molecule has 0 radical (unpaired) electrons. The summed E-state index contributed by atoms with van der Waals surface area (Å²) in [6.45, 7) is 5.97. The maximum atomic E-state index is 5.70. The van der Waals surface area contributed by atoms with E-state index in [2.05, 4.69) is 43.3 Å². The maximum Gasteiger partial charge on any atom is 0.321 e. The summed E-state index contributed by atoms with van der Waals surface area (Å²) in [6, 6.07) is 4.33. The molecule has 0 aliphatic carbocycles. The number of ether oxygens (including phenoxy) is 2. The van der Waals surface area contributed by atoms with E-state index in [1.807, 2.05) is 13.1 Å². The van der Waals surface area contributed by atoms with Crippen molar-refractivity contribution in [3.63, 3.8) is 0 Å². The standard InChI is InChI=1S/C17H25N7O2S/c1-3-12-4-5-13(27-12)14(23-18)15-20-16(24-7-10-25-11-8-24)22-17(21-15)26-9-6-19-2/h4-5,19H,3,6-11,18H2,1-2H3/b23-14-. The molecule has 146 valence electrons. The first-order chi connectivity index (χ1) is 13.2. The molecule has 10 heteroatoms. The summed E-state index contributed by atoms with van der Waals surface area (Å²) in [6.07, 6.45) is 0.955. The van der Waals surface area contributed by atoms with E-state index in [9.17, 15) is 0 Å². The van der Waals surface area contributed by atoms with Crippen molar-refractivity contribution in [1.82, 2.24) is 20.3 Å². The Morgan fingerprint density at radius 1 is 1.33 bits per heavy atom. The van der Waals surface area contributed by atoms with Crippen molar-refractivity contribution in [2.24, 2.45) is 10.9 Å². The van der Waals surface area contributed by atoms with Crippen molar-refractivity contribution in [2.75, 3.05) is 51.4 Å². The van der Waals surface area contributed by atoms with Crippen LogP contribution in [-0.2, 0) is 11.2 Å². The second-order valence-corrected chi connectivity index (χ2v) is 7.06. The van der Waals surface area contributed by atoms with Gasteiger partial charge in [0.25, 0.3) is 0 Å². The quantitative estimate of drug-likeness (QED) is 0.292. The Morgan fingerprint density at radius 3 is 2.81 bits per heavy atom. The van der Waals surface area contributed by atoms with Crippen LogP contribution in [0.5, 0.6) is 6.01 Å². The number of hydrogen-bond donors (Lipinski definition) is 2. The third-order valence-corrected chi connectivity index (χ3v) is 5.30. The predicted octanol–water partition coefficient (Wildman–Crippen LogP) is 0.641. The highest BCUT2D eigenvalue weighted by Gasteiger charge is 2.21. The molecule has 0 bridgehead atoms. The van der Waals surface area contributed by atoms with E-state index in [0.717, 1.165) is 11.3 Å². The average Bonchev–Trinajstić information content (AvgIpc) is 3.18. The minimum Gasteiger partial charge on any atom is -0.462 e. The molecule has 3 heterocycles. The van der Waals surface area contributed by atoms with Gasteiger partial charge in [-0.3, -0.25) is 0 Å². The lowest BCUT2D eigenvalue weighted by Gasteiger charge is -2.27. The number of nitrogens with zero attached hydrogens (tertiary/aromatic N) is 5. The zero-order chi connectivity index (χ0) is 19.1. The number of thiophene rings is 1. The van der Waals surface area contributed by atoms with Crippen LogP contribution in [-0.4, -0.2) is 67.2 Å². The number of rotatable bonds is 8. The Labute approximate surface area is 162 Å². The van der Waals surface area contributed by atoms with E-state index in [4.69, 9.17) is 15.3 Å². The number of nitrogens with two attached hydrogens (primary N) is 1. The fourth-order valence-electron chi connectivity index (χ4n) is 2.59. The average molecular weight is 392 g/mol. The summed E-state index contributed by atoms with van der Waals surface area (Å²) >= 11 is 1.63. The Bertz CT molecular complexity index is 774. The highest BCUT2D eigenvalue weighted by atomic mass is 32.1. The number of hydrogen-bond acceptors (Lipinski definition) is 10. The summed E-state index contributed by atoms with van der Waals surface area (Å²) in [4.78, 5) is 17.8. The summed E-state index contributed by atoms with van der Waals surface area (Å²) in [7, 11) is 1.86. The Kier molecular flexibility index (Phi) is 6.91. The highest BCUT2D eigenvalue weighted by Crippen LogP contribution is 2.22. The molecule has 0 saturated carbocycles. The molecule has 0 atom stereocenters. The number of morpholine rings is 1. The van der Waals surface area contributed by atoms with Crippen LogP contribution in [0.15, 0.2) is 17.2 Å². The first kappa shape index (κ1) is 19.5. The third-order valence-electron chi connectivity index (χ3n) is 4.06. The highest BCUT2D eigenvalue weighted by molar-refractivity contribution is 7.14. The molecular formula is C17H25N7O2S.